The number of nitrogens with zero attached hydrogens (tertiary/aromatic N) is 3. The van der Waals surface area contributed by atoms with Crippen molar-refractivity contribution in [3.05, 3.63) is 16.1 Å². The third-order valence-corrected chi connectivity index (χ3v) is 4.04. The molecule has 90 valence electrons. The van der Waals surface area contributed by atoms with Gasteiger partial charge in [0.2, 0.25) is 0 Å². The normalized spacial score (nSPS) is 21.2. The maximum atomic E-state index is 5.81. The predicted octanol–water partition coefficient (Wildman–Crippen LogP) is 0.910. The summed E-state index contributed by atoms with van der Waals surface area (Å²) in [5.74, 6) is 0. The Balaban J connectivity index is 1.88. The van der Waals surface area contributed by atoms with Crippen molar-refractivity contribution in [2.75, 3.05) is 33.2 Å². The second-order valence-electron chi connectivity index (χ2n) is 4.55. The zero-order valence-electron chi connectivity index (χ0n) is 10.0. The summed E-state index contributed by atoms with van der Waals surface area (Å²) in [6, 6.07) is 0.0613. The summed E-state index contributed by atoms with van der Waals surface area (Å²) in [7, 11) is 2.17. The van der Waals surface area contributed by atoms with Crippen molar-refractivity contribution in [1.29, 1.82) is 0 Å². The van der Waals surface area contributed by atoms with Crippen LogP contribution in [-0.2, 0) is 6.54 Å². The average molecular weight is 240 g/mol. The molecule has 1 fully saturated rings. The first-order valence-electron chi connectivity index (χ1n) is 5.76. The van der Waals surface area contributed by atoms with Crippen LogP contribution in [0.25, 0.3) is 0 Å². The van der Waals surface area contributed by atoms with Gasteiger partial charge >= 0.3 is 0 Å². The molecule has 5 heteroatoms. The summed E-state index contributed by atoms with van der Waals surface area (Å²) in [5.41, 5.74) is 6.97. The molecule has 1 atom stereocenters. The van der Waals surface area contributed by atoms with Gasteiger partial charge in [-0.2, -0.15) is 0 Å². The first-order valence-corrected chi connectivity index (χ1v) is 6.64. The number of piperazine rings is 1. The van der Waals surface area contributed by atoms with Crippen LogP contribution in [0.3, 0.4) is 0 Å². The molecular formula is C11H20N4S. The molecule has 1 aliphatic heterocycles. The SMILES string of the molecule is CC(N)c1nc(CN2CCN(C)CC2)cs1. The monoisotopic (exact) mass is 240 g/mol. The highest BCUT2D eigenvalue weighted by atomic mass is 32.1. The van der Waals surface area contributed by atoms with Crippen LogP contribution in [0.4, 0.5) is 0 Å². The van der Waals surface area contributed by atoms with Crippen LogP contribution in [0.1, 0.15) is 23.7 Å². The number of hydrogen-bond acceptors (Lipinski definition) is 5. The number of aromatic nitrogens is 1. The summed E-state index contributed by atoms with van der Waals surface area (Å²) < 4.78 is 0. The maximum absolute atomic E-state index is 5.81. The van der Waals surface area contributed by atoms with E-state index in [-0.39, 0.29) is 6.04 Å². The Morgan fingerprint density at radius 2 is 2.12 bits per heavy atom. The lowest BCUT2D eigenvalue weighted by molar-refractivity contribution is 0.147. The van der Waals surface area contributed by atoms with Crippen molar-refractivity contribution < 1.29 is 0 Å². The van der Waals surface area contributed by atoms with Crippen molar-refractivity contribution >= 4 is 11.3 Å². The molecule has 1 unspecified atom stereocenters. The third kappa shape index (κ3) is 3.01. The lowest BCUT2D eigenvalue weighted by Gasteiger charge is -2.31. The van der Waals surface area contributed by atoms with Crippen LogP contribution >= 0.6 is 11.3 Å². The second-order valence-corrected chi connectivity index (χ2v) is 5.43. The minimum atomic E-state index is 0.0613. The fourth-order valence-corrected chi connectivity index (χ4v) is 2.61. The van der Waals surface area contributed by atoms with Crippen LogP contribution < -0.4 is 5.73 Å². The van der Waals surface area contributed by atoms with E-state index in [0.717, 1.165) is 37.7 Å². The molecule has 4 nitrogen and oxygen atoms in total. The molecule has 2 N–H and O–H groups in total. The van der Waals surface area contributed by atoms with Crippen molar-refractivity contribution in [1.82, 2.24) is 14.8 Å². The second kappa shape index (κ2) is 5.23. The van der Waals surface area contributed by atoms with Crippen LogP contribution in [0.15, 0.2) is 5.38 Å². The lowest BCUT2D eigenvalue weighted by atomic mass is 10.3. The van der Waals surface area contributed by atoms with Gasteiger partial charge in [0, 0.05) is 38.1 Å². The van der Waals surface area contributed by atoms with Gasteiger partial charge in [0.15, 0.2) is 0 Å². The molecule has 0 bridgehead atoms. The van der Waals surface area contributed by atoms with E-state index in [2.05, 4.69) is 27.2 Å². The molecule has 0 spiro atoms. The summed E-state index contributed by atoms with van der Waals surface area (Å²) in [4.78, 5) is 9.39. The Hall–Kier alpha value is -0.490. The smallest absolute Gasteiger partial charge is 0.109 e. The van der Waals surface area contributed by atoms with Gasteiger partial charge in [0.1, 0.15) is 5.01 Å². The molecule has 1 aromatic heterocycles. The lowest BCUT2D eigenvalue weighted by Crippen LogP contribution is -2.43. The predicted molar refractivity (Wildman–Crippen MR) is 67.5 cm³/mol. The zero-order chi connectivity index (χ0) is 11.5. The molecule has 0 saturated carbocycles. The van der Waals surface area contributed by atoms with Gasteiger partial charge < -0.3 is 10.6 Å². The molecule has 2 heterocycles. The number of likely N-dealkylation sites (N-methyl/N-ethyl adjacent to an activating group) is 1. The van der Waals surface area contributed by atoms with Gasteiger partial charge in [-0.3, -0.25) is 4.90 Å². The van der Waals surface area contributed by atoms with Crippen molar-refractivity contribution in [2.45, 2.75) is 19.5 Å². The summed E-state index contributed by atoms with van der Waals surface area (Å²) in [5, 5.41) is 3.18. The van der Waals surface area contributed by atoms with E-state index in [0.29, 0.717) is 0 Å². The number of thiazole rings is 1. The molecule has 1 saturated heterocycles. The van der Waals surface area contributed by atoms with Crippen molar-refractivity contribution in [3.63, 3.8) is 0 Å². The van der Waals surface area contributed by atoms with Crippen molar-refractivity contribution in [3.8, 4) is 0 Å². The minimum absolute atomic E-state index is 0.0613. The Kier molecular flexibility index (Phi) is 3.91. The highest BCUT2D eigenvalue weighted by molar-refractivity contribution is 7.09. The number of nitrogens with two attached hydrogens (primary N) is 1. The topological polar surface area (TPSA) is 45.4 Å². The average Bonchev–Trinajstić information content (AvgIpc) is 2.70. The summed E-state index contributed by atoms with van der Waals surface area (Å²) >= 11 is 1.67. The van der Waals surface area contributed by atoms with E-state index in [1.807, 2.05) is 6.92 Å². The molecule has 0 radical (unpaired) electrons. The summed E-state index contributed by atoms with van der Waals surface area (Å²) in [6.07, 6.45) is 0. The summed E-state index contributed by atoms with van der Waals surface area (Å²) in [6.45, 7) is 7.55. The van der Waals surface area contributed by atoms with Gasteiger partial charge in [-0.25, -0.2) is 4.98 Å². The molecule has 0 aromatic carbocycles. The van der Waals surface area contributed by atoms with Gasteiger partial charge in [-0.15, -0.1) is 11.3 Å². The van der Waals surface area contributed by atoms with Crippen molar-refractivity contribution in [2.24, 2.45) is 5.73 Å². The van der Waals surface area contributed by atoms with Crippen LogP contribution in [0.2, 0.25) is 0 Å². The largest absolute Gasteiger partial charge is 0.322 e. The molecule has 0 aliphatic carbocycles. The van der Waals surface area contributed by atoms with E-state index in [4.69, 9.17) is 5.73 Å². The fourth-order valence-electron chi connectivity index (χ4n) is 1.84. The molecule has 2 rings (SSSR count). The first kappa shape index (κ1) is 12.0. The van der Waals surface area contributed by atoms with E-state index in [1.54, 1.807) is 11.3 Å². The van der Waals surface area contributed by atoms with E-state index in [1.165, 1.54) is 5.69 Å². The van der Waals surface area contributed by atoms with Gasteiger partial charge in [-0.1, -0.05) is 0 Å². The zero-order valence-corrected chi connectivity index (χ0v) is 10.8. The first-order chi connectivity index (χ1) is 7.65. The highest BCUT2D eigenvalue weighted by Gasteiger charge is 2.15. The van der Waals surface area contributed by atoms with Gasteiger partial charge in [-0.05, 0) is 14.0 Å². The Morgan fingerprint density at radius 1 is 1.44 bits per heavy atom. The molecular weight excluding hydrogens is 220 g/mol. The third-order valence-electron chi connectivity index (χ3n) is 2.94. The van der Waals surface area contributed by atoms with Gasteiger partial charge in [0.05, 0.1) is 11.7 Å². The van der Waals surface area contributed by atoms with Crippen LogP contribution in [0, 0.1) is 0 Å². The van der Waals surface area contributed by atoms with Crippen LogP contribution in [0.5, 0.6) is 0 Å². The Morgan fingerprint density at radius 3 is 2.69 bits per heavy atom. The quantitative estimate of drug-likeness (QED) is 0.853. The molecule has 0 amide bonds. The van der Waals surface area contributed by atoms with E-state index in [9.17, 15) is 0 Å². The Bertz CT molecular complexity index is 328. The number of rotatable bonds is 3. The number of hydrogen-bond donors (Lipinski definition) is 1. The van der Waals surface area contributed by atoms with Gasteiger partial charge in [0.25, 0.3) is 0 Å². The van der Waals surface area contributed by atoms with E-state index < -0.39 is 0 Å². The van der Waals surface area contributed by atoms with Crippen LogP contribution in [-0.4, -0.2) is 48.0 Å². The maximum Gasteiger partial charge on any atom is 0.109 e. The molecule has 1 aliphatic rings. The Labute approximate surface area is 101 Å². The molecule has 16 heavy (non-hydrogen) atoms. The molecule has 1 aromatic rings. The fraction of sp³-hybridized carbons (Fsp3) is 0.727. The van der Waals surface area contributed by atoms with E-state index >= 15 is 0 Å². The highest BCUT2D eigenvalue weighted by Crippen LogP contribution is 2.17. The minimum Gasteiger partial charge on any atom is -0.322 e. The standard InChI is InChI=1S/C11H20N4S/c1-9(12)11-13-10(8-16-11)7-15-5-3-14(2)4-6-15/h8-9H,3-7,12H2,1-2H3.